The van der Waals surface area contributed by atoms with Crippen molar-refractivity contribution in [3.8, 4) is 6.07 Å². The lowest BCUT2D eigenvalue weighted by atomic mass is 10.1. The Morgan fingerprint density at radius 1 is 0.343 bits per heavy atom. The number of hydrogen-bond acceptors (Lipinski definition) is 12. The number of unbranched alkanes of at least 4 members (excludes halogenated alkanes) is 7. The molecule has 0 aliphatic rings. The lowest BCUT2D eigenvalue weighted by Crippen LogP contribution is -2.15. The van der Waals surface area contributed by atoms with E-state index < -0.39 is 0 Å². The minimum Gasteiger partial charge on any atom is -0.385 e. The first-order valence-corrected chi connectivity index (χ1v) is 46.2. The van der Waals surface area contributed by atoms with Crippen molar-refractivity contribution in [2.75, 3.05) is 49.9 Å². The van der Waals surface area contributed by atoms with Gasteiger partial charge in [-0.25, -0.2) is 0 Å². The van der Waals surface area contributed by atoms with Gasteiger partial charge in [0.25, 0.3) is 0 Å². The normalized spacial score (nSPS) is 12.1. The third-order valence-corrected chi connectivity index (χ3v) is 26.7. The third-order valence-electron chi connectivity index (χ3n) is 16.8. The summed E-state index contributed by atoms with van der Waals surface area (Å²) in [6.45, 7) is 6.06. The van der Waals surface area contributed by atoms with Gasteiger partial charge in [0.05, 0.1) is 19.3 Å². The van der Waals surface area contributed by atoms with Gasteiger partial charge in [0.1, 0.15) is 5.78 Å². The number of thioether (sulfide) groups is 8. The highest BCUT2D eigenvalue weighted by Gasteiger charge is 2.15. The number of rotatable bonds is 52. The number of ether oxygens (including phenoxy) is 2. The predicted molar refractivity (Wildman–Crippen MR) is 464 cm³/mol. The molecule has 0 fully saturated rings. The summed E-state index contributed by atoms with van der Waals surface area (Å²) in [5.41, 5.74) is 11.3. The highest BCUT2D eigenvalue weighted by Crippen LogP contribution is 2.31. The van der Waals surface area contributed by atoms with Crippen LogP contribution < -0.4 is 0 Å². The molecule has 0 saturated heterocycles. The maximum Gasteiger partial charge on any atom is 0.132 e. The van der Waals surface area contributed by atoms with Gasteiger partial charge in [0.2, 0.25) is 0 Å². The number of nitriles is 1. The molecule has 4 unspecified atom stereocenters. The van der Waals surface area contributed by atoms with Gasteiger partial charge in [-0.1, -0.05) is 295 Å². The number of Topliss-reactive ketones (excluding diaryl/α,β-unsaturated/α-hetero) is 1. The van der Waals surface area contributed by atoms with Crippen LogP contribution in [0.5, 0.6) is 0 Å². The molecule has 0 amide bonds. The molecule has 0 heterocycles. The summed E-state index contributed by atoms with van der Waals surface area (Å²) < 4.78 is 10.9. The Morgan fingerprint density at radius 2 is 0.618 bits per heavy atom. The molecule has 0 N–H and O–H groups in total. The molecule has 0 aliphatic carbocycles. The summed E-state index contributed by atoms with van der Waals surface area (Å²) in [5, 5.41) is 11.4. The van der Waals surface area contributed by atoms with Crippen molar-refractivity contribution in [3.05, 3.63) is 287 Å². The van der Waals surface area contributed by atoms with Crippen LogP contribution in [0.3, 0.4) is 0 Å². The van der Waals surface area contributed by atoms with Crippen LogP contribution in [0.4, 0.5) is 0 Å². The predicted octanol–water partition coefficient (Wildman–Crippen LogP) is 26.7. The molecule has 0 spiro atoms. The second-order valence-corrected chi connectivity index (χ2v) is 35.2. The van der Waals surface area contributed by atoms with Gasteiger partial charge >= 0.3 is 0 Å². The van der Waals surface area contributed by atoms with Crippen LogP contribution in [0.25, 0.3) is 0 Å². The van der Waals surface area contributed by atoms with E-state index in [1.807, 2.05) is 35.3 Å². The zero-order valence-electron chi connectivity index (χ0n) is 61.7. The van der Waals surface area contributed by atoms with Crippen molar-refractivity contribution in [2.45, 2.75) is 196 Å². The largest absolute Gasteiger partial charge is 0.385 e. The summed E-state index contributed by atoms with van der Waals surface area (Å²) in [5.74, 6) is 13.9. The molecular weight excluding hydrogens is 1400 g/mol. The summed E-state index contributed by atoms with van der Waals surface area (Å²) in [6, 6.07) is 88.4. The molecule has 0 aromatic heterocycles. The molecule has 0 bridgehead atoms. The maximum absolute atomic E-state index is 11.1. The number of nitrogens with zero attached hydrogens (tertiary/aromatic N) is 1. The average molecular weight is 1520 g/mol. The Balaban J connectivity index is 0.000000245. The minimum absolute atomic E-state index is 0.192. The van der Waals surface area contributed by atoms with Crippen LogP contribution >= 0.6 is 94.1 Å². The first-order valence-electron chi connectivity index (χ1n) is 37.4. The van der Waals surface area contributed by atoms with Crippen LogP contribution in [-0.2, 0) is 60.3 Å². The van der Waals surface area contributed by atoms with Crippen LogP contribution in [0.1, 0.15) is 174 Å². The number of carbonyl (C=O) groups is 1. The lowest BCUT2D eigenvalue weighted by molar-refractivity contribution is -0.118. The lowest BCUT2D eigenvalue weighted by Gasteiger charge is -2.17. The van der Waals surface area contributed by atoms with Gasteiger partial charge in [-0.15, -0.1) is 0 Å². The molecule has 102 heavy (non-hydrogen) atoms. The van der Waals surface area contributed by atoms with Gasteiger partial charge in [-0.05, 0) is 132 Å². The monoisotopic (exact) mass is 1520 g/mol. The number of hydrogen-bond donors (Lipinski definition) is 0. The van der Waals surface area contributed by atoms with E-state index in [1.165, 1.54) is 152 Å². The van der Waals surface area contributed by atoms with E-state index in [1.54, 1.807) is 14.0 Å². The molecule has 8 rings (SSSR count). The van der Waals surface area contributed by atoms with E-state index in [9.17, 15) is 4.79 Å². The Hall–Kier alpha value is -4.36. The SMILES string of the molecule is CC(=O)CCOCC(CCSCc1ccccc1)SCc1ccccc1.CCCCCCC(CCSCc1ccccc1)SCc1ccccc1.COCCCCCC(CCSCc1ccccc1)SCc1ccccc1.N#CCCCCC(CCSCc1ccccc1)SCc1ccccc1. The van der Waals surface area contributed by atoms with Crippen LogP contribution in [0.15, 0.2) is 243 Å². The molecule has 4 atom stereocenters. The van der Waals surface area contributed by atoms with E-state index in [-0.39, 0.29) is 5.78 Å². The molecule has 12 heteroatoms. The fourth-order valence-corrected chi connectivity index (χ4v) is 20.3. The van der Waals surface area contributed by atoms with Crippen molar-refractivity contribution in [2.24, 2.45) is 0 Å². The van der Waals surface area contributed by atoms with E-state index in [4.69, 9.17) is 14.7 Å². The van der Waals surface area contributed by atoms with E-state index in [0.29, 0.717) is 29.9 Å². The maximum atomic E-state index is 11.1. The van der Waals surface area contributed by atoms with Crippen LogP contribution in [0.2, 0.25) is 0 Å². The standard InChI is InChI=1S/C23H32OS2.C23H32S2.C22H27NS2.C22H28O2S2/c1-24-17-10-4-9-15-23(26-20-22-13-7-3-8-14-22)16-18-25-19-21-11-5-2-6-12-21;1-2-3-4-11-16-23(25-20-22-14-9-6-10-15-22)17-18-24-19-21-12-7-5-8-13-21;23-16-9-3-8-14-22(25-19-21-12-6-2-7-13-21)15-17-24-18-20-10-4-1-5-11-20;1-19(23)12-14-24-16-22(26-18-21-10-6-3-7-11-21)13-15-25-17-20-8-4-2-5-9-20/h2-3,5-8,11-14,23H,4,9-10,15-20H2,1H3;5-10,12-15,23H,2-4,11,16-20H2,1H3;1-2,4-7,10-13,22H,3,8-9,14-15,17-19H2;2-11,22H,12-18H2,1H3. The molecule has 0 radical (unpaired) electrons. The van der Waals surface area contributed by atoms with E-state index >= 15 is 0 Å². The Kier molecular flexibility index (Phi) is 54.3. The number of ketones is 1. The Labute approximate surface area is 653 Å². The second kappa shape index (κ2) is 62.8. The summed E-state index contributed by atoms with van der Waals surface area (Å²) in [7, 11) is 1.79. The van der Waals surface area contributed by atoms with Gasteiger partial charge < -0.3 is 9.47 Å². The first kappa shape index (κ1) is 88.3. The van der Waals surface area contributed by atoms with Gasteiger partial charge in [0, 0.05) is 93.6 Å². The van der Waals surface area contributed by atoms with Crippen molar-refractivity contribution in [1.82, 2.24) is 0 Å². The molecule has 550 valence electrons. The highest BCUT2D eigenvalue weighted by molar-refractivity contribution is 8.01. The summed E-state index contributed by atoms with van der Waals surface area (Å²) >= 11 is 16.5. The first-order chi connectivity index (χ1) is 50.4. The Bertz CT molecular complexity index is 3190. The van der Waals surface area contributed by atoms with Crippen molar-refractivity contribution in [1.29, 1.82) is 5.26 Å². The summed E-state index contributed by atoms with van der Waals surface area (Å²) in [6.07, 6.45) is 21.7. The number of benzene rings is 8. The molecule has 4 nitrogen and oxygen atoms in total. The third kappa shape index (κ3) is 48.0. The summed E-state index contributed by atoms with van der Waals surface area (Å²) in [4.78, 5) is 11.1. The number of carbonyl (C=O) groups excluding carboxylic acids is 1. The molecule has 8 aromatic rings. The second-order valence-electron chi connectivity index (χ2n) is 25.6. The van der Waals surface area contributed by atoms with E-state index in [2.05, 4.69) is 314 Å². The van der Waals surface area contributed by atoms with Crippen molar-refractivity contribution in [3.63, 3.8) is 0 Å². The molecule has 0 saturated carbocycles. The smallest absolute Gasteiger partial charge is 0.132 e. The average Bonchev–Trinajstić information content (AvgIpc) is 1.47. The zero-order valence-corrected chi connectivity index (χ0v) is 68.2. The quantitative estimate of drug-likeness (QED) is 0.0341. The van der Waals surface area contributed by atoms with Gasteiger partial charge in [-0.2, -0.15) is 99.4 Å². The zero-order chi connectivity index (χ0) is 71.9. The fourth-order valence-electron chi connectivity index (χ4n) is 10.8. The Morgan fingerprint density at radius 3 is 0.902 bits per heavy atom. The molecule has 0 aliphatic heterocycles. The van der Waals surface area contributed by atoms with Gasteiger partial charge in [-0.3, -0.25) is 4.79 Å². The topological polar surface area (TPSA) is 59.3 Å². The highest BCUT2D eigenvalue weighted by atomic mass is 32.2. The van der Waals surface area contributed by atoms with Crippen LogP contribution in [-0.4, -0.2) is 76.7 Å². The fraction of sp³-hybridized carbons (Fsp3) is 0.444. The number of methoxy groups -OCH3 is 1. The van der Waals surface area contributed by atoms with Crippen molar-refractivity contribution < 1.29 is 14.3 Å². The molecule has 8 aromatic carbocycles. The van der Waals surface area contributed by atoms with Gasteiger partial charge in [0.15, 0.2) is 0 Å². The van der Waals surface area contributed by atoms with Crippen LogP contribution in [0, 0.1) is 11.3 Å². The van der Waals surface area contributed by atoms with E-state index in [0.717, 1.165) is 88.3 Å². The minimum atomic E-state index is 0.192. The van der Waals surface area contributed by atoms with Crippen molar-refractivity contribution >= 4 is 99.9 Å². The molecular formula is C90H119NO3S8.